The zero-order valence-electron chi connectivity index (χ0n) is 12.4. The lowest BCUT2D eigenvalue weighted by Gasteiger charge is -2.15. The first-order chi connectivity index (χ1) is 10.2. The largest absolute Gasteiger partial charge is 0.343 e. The first kappa shape index (κ1) is 16.2. The van der Waals surface area contributed by atoms with E-state index in [1.165, 1.54) is 18.3 Å². The van der Waals surface area contributed by atoms with Crippen molar-refractivity contribution in [3.05, 3.63) is 47.8 Å². The van der Waals surface area contributed by atoms with Crippen LogP contribution >= 0.6 is 0 Å². The molecule has 8 heteroatoms. The van der Waals surface area contributed by atoms with Crippen LogP contribution in [0.1, 0.15) is 29.1 Å². The van der Waals surface area contributed by atoms with Crippen molar-refractivity contribution in [3.63, 3.8) is 0 Å². The molecule has 1 amide bonds. The zero-order valence-corrected chi connectivity index (χ0v) is 13.2. The molecule has 0 spiro atoms. The van der Waals surface area contributed by atoms with Crippen LogP contribution in [0.25, 0.3) is 0 Å². The van der Waals surface area contributed by atoms with E-state index in [-0.39, 0.29) is 10.7 Å². The van der Waals surface area contributed by atoms with Crippen LogP contribution in [0.5, 0.6) is 0 Å². The van der Waals surface area contributed by atoms with Crippen molar-refractivity contribution in [2.75, 3.05) is 6.26 Å². The smallest absolute Gasteiger partial charge is 0.287 e. The number of hydrogen-bond acceptors (Lipinski definition) is 4. The second-order valence-corrected chi connectivity index (χ2v) is 7.00. The molecule has 2 rings (SSSR count). The van der Waals surface area contributed by atoms with E-state index >= 15 is 0 Å². The number of aryl methyl sites for hydroxylation is 1. The minimum absolute atomic E-state index is 0.236. The van der Waals surface area contributed by atoms with Crippen molar-refractivity contribution in [1.82, 2.24) is 14.9 Å². The first-order valence-corrected chi connectivity index (χ1v) is 8.37. The summed E-state index contributed by atoms with van der Waals surface area (Å²) in [5.74, 6) is -0.995. The minimum atomic E-state index is -3.62. The first-order valence-electron chi connectivity index (χ1n) is 6.48. The Morgan fingerprint density at radius 3 is 2.59 bits per heavy atom. The summed E-state index contributed by atoms with van der Waals surface area (Å²) in [4.78, 5) is 15.6. The number of hydrogen-bond donors (Lipinski definition) is 1. The van der Waals surface area contributed by atoms with Crippen LogP contribution < -0.4 is 5.32 Å². The molecule has 6 nitrogen and oxygen atoms in total. The lowest BCUT2D eigenvalue weighted by Crippen LogP contribution is -2.29. The van der Waals surface area contributed by atoms with Crippen LogP contribution in [0, 0.1) is 5.82 Å². The molecule has 0 aliphatic rings. The number of benzene rings is 1. The van der Waals surface area contributed by atoms with Crippen molar-refractivity contribution in [2.24, 2.45) is 7.05 Å². The Balaban J connectivity index is 2.20. The van der Waals surface area contributed by atoms with Gasteiger partial charge < -0.3 is 9.88 Å². The Kier molecular flexibility index (Phi) is 4.32. The molecule has 0 aliphatic heterocycles. The van der Waals surface area contributed by atoms with Crippen LogP contribution in [-0.2, 0) is 16.9 Å². The molecule has 0 radical (unpaired) electrons. The van der Waals surface area contributed by atoms with Crippen molar-refractivity contribution in [3.8, 4) is 0 Å². The zero-order chi connectivity index (χ0) is 16.5. The predicted octanol–water partition coefficient (Wildman–Crippen LogP) is 1.45. The number of halogens is 1. The van der Waals surface area contributed by atoms with Gasteiger partial charge in [-0.05, 0) is 24.6 Å². The third-order valence-corrected chi connectivity index (χ3v) is 4.36. The molecule has 0 unspecified atom stereocenters. The minimum Gasteiger partial charge on any atom is -0.343 e. The summed E-state index contributed by atoms with van der Waals surface area (Å²) in [5, 5.41) is 2.69. The second-order valence-electron chi connectivity index (χ2n) is 5.02. The summed E-state index contributed by atoms with van der Waals surface area (Å²) in [7, 11) is -1.93. The molecule has 0 saturated carbocycles. The Bertz CT molecular complexity index is 814. The van der Waals surface area contributed by atoms with Crippen LogP contribution in [-0.4, -0.2) is 30.1 Å². The highest BCUT2D eigenvalue weighted by atomic mass is 32.2. The van der Waals surface area contributed by atoms with Gasteiger partial charge in [-0.15, -0.1) is 0 Å². The van der Waals surface area contributed by atoms with Gasteiger partial charge in [0.25, 0.3) is 5.91 Å². The summed E-state index contributed by atoms with van der Waals surface area (Å²) in [5.41, 5.74) is 0.465. The third kappa shape index (κ3) is 3.33. The monoisotopic (exact) mass is 325 g/mol. The number of carbonyl (C=O) groups excluding carboxylic acids is 1. The second kappa shape index (κ2) is 5.88. The van der Waals surface area contributed by atoms with Gasteiger partial charge in [-0.3, -0.25) is 4.79 Å². The van der Waals surface area contributed by atoms with Gasteiger partial charge in [0.2, 0.25) is 0 Å². The standard InChI is InChI=1S/C14H16FN3O3S/c1-9(17-14(19)13-16-6-7-18(13)2)10-4-5-12(11(15)8-10)22(3,20)21/h4-9H,1-3H3,(H,17,19)/t9-/m1/s1. The predicted molar refractivity (Wildman–Crippen MR) is 78.6 cm³/mol. The average Bonchev–Trinajstić information content (AvgIpc) is 2.83. The fraction of sp³-hybridized carbons (Fsp3) is 0.286. The fourth-order valence-electron chi connectivity index (χ4n) is 2.02. The van der Waals surface area contributed by atoms with Crippen molar-refractivity contribution in [2.45, 2.75) is 17.9 Å². The maximum Gasteiger partial charge on any atom is 0.287 e. The summed E-state index contributed by atoms with van der Waals surface area (Å²) >= 11 is 0. The Morgan fingerprint density at radius 1 is 1.41 bits per heavy atom. The number of amides is 1. The maximum absolute atomic E-state index is 13.9. The maximum atomic E-state index is 13.9. The molecule has 1 aromatic carbocycles. The van der Waals surface area contributed by atoms with Gasteiger partial charge in [0.1, 0.15) is 10.7 Å². The highest BCUT2D eigenvalue weighted by Gasteiger charge is 2.18. The Labute approximate surface area is 127 Å². The van der Waals surface area contributed by atoms with Gasteiger partial charge in [0.15, 0.2) is 15.7 Å². The normalized spacial score (nSPS) is 12.9. The summed E-state index contributed by atoms with van der Waals surface area (Å²) in [6.07, 6.45) is 4.08. The van der Waals surface area contributed by atoms with Crippen LogP contribution in [0.15, 0.2) is 35.5 Å². The highest BCUT2D eigenvalue weighted by Crippen LogP contribution is 2.20. The summed E-state index contributed by atoms with van der Waals surface area (Å²) < 4.78 is 38.2. The molecule has 1 N–H and O–H groups in total. The van der Waals surface area contributed by atoms with Gasteiger partial charge in [-0.1, -0.05) is 6.07 Å². The molecule has 0 bridgehead atoms. The van der Waals surface area contributed by atoms with E-state index < -0.39 is 27.6 Å². The molecule has 118 valence electrons. The quantitative estimate of drug-likeness (QED) is 0.922. The highest BCUT2D eigenvalue weighted by molar-refractivity contribution is 7.90. The van der Waals surface area contributed by atoms with E-state index in [2.05, 4.69) is 10.3 Å². The molecule has 0 aliphatic carbocycles. The molecular formula is C14H16FN3O3S. The van der Waals surface area contributed by atoms with Crippen LogP contribution in [0.2, 0.25) is 0 Å². The van der Waals surface area contributed by atoms with Gasteiger partial charge in [-0.2, -0.15) is 0 Å². The third-order valence-electron chi connectivity index (χ3n) is 3.23. The van der Waals surface area contributed by atoms with E-state index in [0.717, 1.165) is 12.3 Å². The molecular weight excluding hydrogens is 309 g/mol. The SMILES string of the molecule is C[C@@H](NC(=O)c1nccn1C)c1ccc(S(C)(=O)=O)c(F)c1. The fourth-order valence-corrected chi connectivity index (χ4v) is 2.74. The molecule has 22 heavy (non-hydrogen) atoms. The van der Waals surface area contributed by atoms with Gasteiger partial charge in [-0.25, -0.2) is 17.8 Å². The van der Waals surface area contributed by atoms with Gasteiger partial charge in [0, 0.05) is 25.7 Å². The number of sulfone groups is 1. The van der Waals surface area contributed by atoms with Crippen molar-refractivity contribution in [1.29, 1.82) is 0 Å². The summed E-state index contributed by atoms with van der Waals surface area (Å²) in [6.45, 7) is 1.68. The van der Waals surface area contributed by atoms with Crippen LogP contribution in [0.4, 0.5) is 4.39 Å². The number of rotatable bonds is 4. The molecule has 1 heterocycles. The number of nitrogens with one attached hydrogen (secondary N) is 1. The van der Waals surface area contributed by atoms with Gasteiger partial charge >= 0.3 is 0 Å². The van der Waals surface area contributed by atoms with E-state index in [0.29, 0.717) is 5.56 Å². The Morgan fingerprint density at radius 2 is 2.09 bits per heavy atom. The van der Waals surface area contributed by atoms with E-state index in [1.807, 2.05) is 0 Å². The molecule has 2 aromatic rings. The Hall–Kier alpha value is -2.22. The summed E-state index contributed by atoms with van der Waals surface area (Å²) in [6, 6.07) is 3.29. The van der Waals surface area contributed by atoms with Crippen LogP contribution in [0.3, 0.4) is 0 Å². The number of imidazole rings is 1. The van der Waals surface area contributed by atoms with Crippen molar-refractivity contribution >= 4 is 15.7 Å². The number of carbonyl (C=O) groups is 1. The van der Waals surface area contributed by atoms with Gasteiger partial charge in [0.05, 0.1) is 6.04 Å². The van der Waals surface area contributed by atoms with E-state index in [4.69, 9.17) is 0 Å². The van der Waals surface area contributed by atoms with E-state index in [9.17, 15) is 17.6 Å². The van der Waals surface area contributed by atoms with E-state index in [1.54, 1.807) is 24.7 Å². The topological polar surface area (TPSA) is 81.1 Å². The molecule has 0 saturated heterocycles. The lowest BCUT2D eigenvalue weighted by atomic mass is 10.1. The molecule has 1 atom stereocenters. The van der Waals surface area contributed by atoms with Crippen molar-refractivity contribution < 1.29 is 17.6 Å². The lowest BCUT2D eigenvalue weighted by molar-refractivity contribution is 0.0926. The average molecular weight is 325 g/mol. The number of nitrogens with zero attached hydrogens (tertiary/aromatic N) is 2. The molecule has 0 fully saturated rings. The molecule has 1 aromatic heterocycles. The number of aromatic nitrogens is 2.